The van der Waals surface area contributed by atoms with Gasteiger partial charge in [-0.25, -0.2) is 0 Å². The first kappa shape index (κ1) is 12.5. The number of hydrogen-bond donors (Lipinski definition) is 1. The first-order valence-corrected chi connectivity index (χ1v) is 5.41. The molecule has 0 aromatic carbocycles. The van der Waals surface area contributed by atoms with Crippen LogP contribution in [0.25, 0.3) is 0 Å². The maximum Gasteiger partial charge on any atom is 0.242 e. The van der Waals surface area contributed by atoms with Crippen molar-refractivity contribution in [2.24, 2.45) is 0 Å². The zero-order chi connectivity index (χ0) is 12.0. The molecule has 1 heterocycles. The average Bonchev–Trinajstić information content (AvgIpc) is 2.35. The Labute approximate surface area is 94.6 Å². The minimum absolute atomic E-state index is 0.0494. The van der Waals surface area contributed by atoms with E-state index in [1.165, 1.54) is 0 Å². The molecule has 90 valence electrons. The van der Waals surface area contributed by atoms with Gasteiger partial charge in [-0.1, -0.05) is 6.92 Å². The summed E-state index contributed by atoms with van der Waals surface area (Å²) in [4.78, 5) is 36.3. The van der Waals surface area contributed by atoms with E-state index in [1.807, 2.05) is 0 Å². The van der Waals surface area contributed by atoms with E-state index >= 15 is 0 Å². The van der Waals surface area contributed by atoms with Crippen LogP contribution < -0.4 is 5.32 Å². The van der Waals surface area contributed by atoms with Gasteiger partial charge in [0, 0.05) is 32.6 Å². The van der Waals surface area contributed by atoms with Crippen LogP contribution in [0.1, 0.15) is 13.3 Å². The van der Waals surface area contributed by atoms with Crippen molar-refractivity contribution in [2.45, 2.75) is 13.3 Å². The van der Waals surface area contributed by atoms with Crippen LogP contribution in [-0.4, -0.2) is 60.7 Å². The smallest absolute Gasteiger partial charge is 0.242 e. The standard InChI is InChI=1S/C10H17N3O3/c1-2-9(15)11-7-10(16)13-5-3-12(8-14)4-6-13/h8H,2-7H2,1H3,(H,11,15). The van der Waals surface area contributed by atoms with Gasteiger partial charge in [0.05, 0.1) is 6.54 Å². The number of hydrogen-bond acceptors (Lipinski definition) is 3. The fourth-order valence-corrected chi connectivity index (χ4v) is 1.49. The van der Waals surface area contributed by atoms with Crippen molar-refractivity contribution in [3.63, 3.8) is 0 Å². The molecule has 1 N–H and O–H groups in total. The molecule has 0 aromatic rings. The summed E-state index contributed by atoms with van der Waals surface area (Å²) >= 11 is 0. The predicted molar refractivity (Wildman–Crippen MR) is 57.5 cm³/mol. The highest BCUT2D eigenvalue weighted by atomic mass is 16.2. The Hall–Kier alpha value is -1.59. The molecule has 0 spiro atoms. The number of rotatable bonds is 4. The van der Waals surface area contributed by atoms with Crippen molar-refractivity contribution in [3.8, 4) is 0 Å². The molecule has 1 aliphatic rings. The van der Waals surface area contributed by atoms with Crippen LogP contribution in [0.4, 0.5) is 0 Å². The topological polar surface area (TPSA) is 69.7 Å². The fraction of sp³-hybridized carbons (Fsp3) is 0.700. The van der Waals surface area contributed by atoms with Crippen LogP contribution in [0.5, 0.6) is 0 Å². The fourth-order valence-electron chi connectivity index (χ4n) is 1.49. The lowest BCUT2D eigenvalue weighted by molar-refractivity contribution is -0.135. The van der Waals surface area contributed by atoms with Gasteiger partial charge in [-0.15, -0.1) is 0 Å². The van der Waals surface area contributed by atoms with Gasteiger partial charge in [0.1, 0.15) is 0 Å². The Morgan fingerprint density at radius 1 is 1.25 bits per heavy atom. The lowest BCUT2D eigenvalue weighted by atomic mass is 10.3. The van der Waals surface area contributed by atoms with Gasteiger partial charge in [0.25, 0.3) is 0 Å². The van der Waals surface area contributed by atoms with Crippen molar-refractivity contribution < 1.29 is 14.4 Å². The highest BCUT2D eigenvalue weighted by Crippen LogP contribution is 1.99. The number of carbonyl (C=O) groups excluding carboxylic acids is 3. The van der Waals surface area contributed by atoms with Crippen LogP contribution in [0.15, 0.2) is 0 Å². The molecule has 0 bridgehead atoms. The minimum atomic E-state index is -0.125. The molecular weight excluding hydrogens is 210 g/mol. The Morgan fingerprint density at radius 3 is 2.38 bits per heavy atom. The summed E-state index contributed by atoms with van der Waals surface area (Å²) in [5, 5.41) is 2.54. The van der Waals surface area contributed by atoms with Gasteiger partial charge in [-0.2, -0.15) is 0 Å². The molecule has 16 heavy (non-hydrogen) atoms. The summed E-state index contributed by atoms with van der Waals surface area (Å²) in [5.74, 6) is -0.216. The van der Waals surface area contributed by atoms with Gasteiger partial charge in [0.2, 0.25) is 18.2 Å². The van der Waals surface area contributed by atoms with E-state index in [1.54, 1.807) is 16.7 Å². The third-order valence-corrected chi connectivity index (χ3v) is 2.57. The Morgan fingerprint density at radius 2 is 1.88 bits per heavy atom. The van der Waals surface area contributed by atoms with Crippen molar-refractivity contribution in [2.75, 3.05) is 32.7 Å². The Bertz CT molecular complexity index is 272. The zero-order valence-electron chi connectivity index (χ0n) is 9.44. The summed E-state index contributed by atoms with van der Waals surface area (Å²) in [5.41, 5.74) is 0. The molecule has 0 atom stereocenters. The van der Waals surface area contributed by atoms with E-state index in [0.29, 0.717) is 32.6 Å². The van der Waals surface area contributed by atoms with Gasteiger partial charge in [0.15, 0.2) is 0 Å². The van der Waals surface area contributed by atoms with Crippen LogP contribution >= 0.6 is 0 Å². The van der Waals surface area contributed by atoms with Crippen molar-refractivity contribution >= 4 is 18.2 Å². The third kappa shape index (κ3) is 3.52. The van der Waals surface area contributed by atoms with Crippen molar-refractivity contribution in [3.05, 3.63) is 0 Å². The molecule has 0 aromatic heterocycles. The molecule has 1 aliphatic heterocycles. The van der Waals surface area contributed by atoms with E-state index in [2.05, 4.69) is 5.32 Å². The predicted octanol–water partition coefficient (Wildman–Crippen LogP) is -1.19. The minimum Gasteiger partial charge on any atom is -0.347 e. The van der Waals surface area contributed by atoms with E-state index < -0.39 is 0 Å². The largest absolute Gasteiger partial charge is 0.347 e. The van der Waals surface area contributed by atoms with E-state index in [4.69, 9.17) is 0 Å². The second kappa shape index (κ2) is 6.09. The molecule has 6 heteroatoms. The number of nitrogens with one attached hydrogen (secondary N) is 1. The Kier molecular flexibility index (Phi) is 4.75. The molecule has 1 saturated heterocycles. The van der Waals surface area contributed by atoms with Gasteiger partial charge >= 0.3 is 0 Å². The monoisotopic (exact) mass is 227 g/mol. The average molecular weight is 227 g/mol. The summed E-state index contributed by atoms with van der Waals surface area (Å²) in [7, 11) is 0. The molecule has 0 aliphatic carbocycles. The molecule has 3 amide bonds. The van der Waals surface area contributed by atoms with Crippen LogP contribution in [0.2, 0.25) is 0 Å². The second-order valence-corrected chi connectivity index (χ2v) is 3.65. The maximum absolute atomic E-state index is 11.6. The van der Waals surface area contributed by atoms with Crippen LogP contribution in [0.3, 0.4) is 0 Å². The maximum atomic E-state index is 11.6. The van der Waals surface area contributed by atoms with E-state index in [0.717, 1.165) is 6.41 Å². The SMILES string of the molecule is CCC(=O)NCC(=O)N1CCN(C=O)CC1. The van der Waals surface area contributed by atoms with Crippen molar-refractivity contribution in [1.29, 1.82) is 0 Å². The molecular formula is C10H17N3O3. The molecule has 0 unspecified atom stereocenters. The number of piperazine rings is 1. The molecule has 1 fully saturated rings. The highest BCUT2D eigenvalue weighted by molar-refractivity contribution is 5.84. The zero-order valence-corrected chi connectivity index (χ0v) is 9.44. The normalized spacial score (nSPS) is 15.8. The van der Waals surface area contributed by atoms with Crippen molar-refractivity contribution in [1.82, 2.24) is 15.1 Å². The highest BCUT2D eigenvalue weighted by Gasteiger charge is 2.19. The van der Waals surface area contributed by atoms with Gasteiger partial charge in [-0.3, -0.25) is 14.4 Å². The first-order valence-electron chi connectivity index (χ1n) is 5.41. The summed E-state index contributed by atoms with van der Waals surface area (Å²) in [6.07, 6.45) is 1.17. The lowest BCUT2D eigenvalue weighted by Gasteiger charge is -2.32. The van der Waals surface area contributed by atoms with Crippen LogP contribution in [0, 0.1) is 0 Å². The lowest BCUT2D eigenvalue weighted by Crippen LogP contribution is -2.50. The molecule has 0 saturated carbocycles. The summed E-state index contributed by atoms with van der Waals surface area (Å²) < 4.78 is 0. The van der Waals surface area contributed by atoms with Crippen LogP contribution in [-0.2, 0) is 14.4 Å². The first-order chi connectivity index (χ1) is 7.67. The van der Waals surface area contributed by atoms with Gasteiger partial charge < -0.3 is 15.1 Å². The molecule has 1 rings (SSSR count). The van der Waals surface area contributed by atoms with E-state index in [-0.39, 0.29) is 18.4 Å². The molecule has 6 nitrogen and oxygen atoms in total. The number of nitrogens with zero attached hydrogens (tertiary/aromatic N) is 2. The summed E-state index contributed by atoms with van der Waals surface area (Å²) in [6.45, 7) is 4.00. The number of amides is 3. The summed E-state index contributed by atoms with van der Waals surface area (Å²) in [6, 6.07) is 0. The number of carbonyl (C=O) groups is 3. The third-order valence-electron chi connectivity index (χ3n) is 2.57. The quantitative estimate of drug-likeness (QED) is 0.614. The molecule has 0 radical (unpaired) electrons. The van der Waals surface area contributed by atoms with Gasteiger partial charge in [-0.05, 0) is 0 Å². The Balaban J connectivity index is 2.28. The van der Waals surface area contributed by atoms with E-state index in [9.17, 15) is 14.4 Å². The second-order valence-electron chi connectivity index (χ2n) is 3.65.